The quantitative estimate of drug-likeness (QED) is 0.157. The minimum atomic E-state index is -0.0668. The van der Waals surface area contributed by atoms with Crippen LogP contribution in [0, 0.1) is 0 Å². The van der Waals surface area contributed by atoms with E-state index in [2.05, 4.69) is 514 Å². The van der Waals surface area contributed by atoms with Gasteiger partial charge in [0.25, 0.3) is 0 Å². The molecule has 26 aromatic carbocycles. The predicted octanol–water partition coefficient (Wildman–Crippen LogP) is 37.6. The van der Waals surface area contributed by atoms with Gasteiger partial charge in [0, 0.05) is 147 Å². The van der Waals surface area contributed by atoms with E-state index in [0.717, 1.165) is 0 Å². The molecular formula is C139H84N6. The number of hydrogen-bond donors (Lipinski definition) is 0. The van der Waals surface area contributed by atoms with Gasteiger partial charge in [-0.1, -0.05) is 378 Å². The molecule has 0 N–H and O–H groups in total. The number of benzene rings is 26. The van der Waals surface area contributed by atoms with Crippen molar-refractivity contribution >= 4 is 271 Å². The summed E-state index contributed by atoms with van der Waals surface area (Å²) in [7, 11) is 0. The topological polar surface area (TPSA) is 28.5 Å². The predicted molar refractivity (Wildman–Crippen MR) is 619 cm³/mol. The highest BCUT2D eigenvalue weighted by atomic mass is 15.0. The minimum Gasteiger partial charge on any atom is -0.309 e. The van der Waals surface area contributed by atoms with Gasteiger partial charge in [-0.05, 0) is 207 Å². The van der Waals surface area contributed by atoms with Crippen molar-refractivity contribution in [3.63, 3.8) is 0 Å². The van der Waals surface area contributed by atoms with Crippen LogP contribution in [-0.2, 0) is 5.41 Å². The smallest absolute Gasteiger partial charge is 0.0626 e. The molecule has 1 aliphatic rings. The van der Waals surface area contributed by atoms with E-state index >= 15 is 0 Å². The third-order valence-corrected chi connectivity index (χ3v) is 33.2. The highest BCUT2D eigenvalue weighted by Crippen LogP contribution is 2.55. The first-order valence-electron chi connectivity index (χ1n) is 50.6. The molecule has 0 bridgehead atoms. The first kappa shape index (κ1) is 79.0. The molecule has 0 aliphatic heterocycles. The second-order valence-electron chi connectivity index (χ2n) is 40.6. The molecule has 0 radical (unpaired) electrons. The van der Waals surface area contributed by atoms with Gasteiger partial charge in [-0.15, -0.1) is 0 Å². The zero-order chi connectivity index (χ0) is 94.6. The molecule has 0 atom stereocenters. The van der Waals surface area contributed by atoms with Crippen molar-refractivity contribution in [1.82, 2.24) is 27.1 Å². The first-order chi connectivity index (χ1) is 71.8. The Balaban J connectivity index is 0.0000000957. The molecule has 0 saturated carbocycles. The number of hydrogen-bond acceptors (Lipinski definition) is 0. The summed E-state index contributed by atoms with van der Waals surface area (Å²) in [5.74, 6) is 0. The van der Waals surface area contributed by atoms with E-state index in [4.69, 9.17) is 0 Å². The molecule has 6 heteroatoms. The summed E-state index contributed by atoms with van der Waals surface area (Å²) in [6, 6.07) is 176. The fraction of sp³-hybridized carbons (Fsp3) is 0.0216. The molecule has 8 heterocycles. The van der Waals surface area contributed by atoms with E-state index in [-0.39, 0.29) is 5.41 Å². The monoisotopic (exact) mass is 1840 g/mol. The Hall–Kier alpha value is -18.9. The van der Waals surface area contributed by atoms with E-state index in [1.165, 1.54) is 316 Å². The zero-order valence-electron chi connectivity index (χ0n) is 79.2. The third-order valence-electron chi connectivity index (χ3n) is 33.2. The molecule has 0 amide bonds. The molecule has 34 aromatic rings. The maximum absolute atomic E-state index is 2.53. The van der Waals surface area contributed by atoms with Crippen LogP contribution < -0.4 is 0 Å². The van der Waals surface area contributed by atoms with Crippen molar-refractivity contribution in [2.45, 2.75) is 19.3 Å². The van der Waals surface area contributed by atoms with E-state index in [1.54, 1.807) is 0 Å². The molecule has 0 unspecified atom stereocenters. The van der Waals surface area contributed by atoms with Crippen LogP contribution in [0.5, 0.6) is 0 Å². The van der Waals surface area contributed by atoms with Crippen LogP contribution in [0.2, 0.25) is 0 Å². The van der Waals surface area contributed by atoms with Crippen LogP contribution in [0.1, 0.15) is 25.0 Å². The van der Waals surface area contributed by atoms with Crippen molar-refractivity contribution in [1.29, 1.82) is 0 Å². The third kappa shape index (κ3) is 10.5. The summed E-state index contributed by atoms with van der Waals surface area (Å²) in [6.45, 7) is 4.72. The molecule has 670 valence electrons. The molecule has 6 nitrogen and oxygen atoms in total. The van der Waals surface area contributed by atoms with Gasteiger partial charge in [0.2, 0.25) is 0 Å². The summed E-state index contributed by atoms with van der Waals surface area (Å²) >= 11 is 0. The maximum Gasteiger partial charge on any atom is 0.0626 e. The van der Waals surface area contributed by atoms with Gasteiger partial charge in [-0.2, -0.15) is 0 Å². The normalized spacial score (nSPS) is 13.0. The minimum absolute atomic E-state index is 0.0668. The largest absolute Gasteiger partial charge is 0.309 e. The molecule has 0 saturated heterocycles. The van der Waals surface area contributed by atoms with Crippen molar-refractivity contribution in [3.8, 4) is 33.9 Å². The lowest BCUT2D eigenvalue weighted by molar-refractivity contribution is 0.660. The Morgan fingerprint density at radius 2 is 0.421 bits per heavy atom. The summed E-state index contributed by atoms with van der Waals surface area (Å²) in [6.07, 6.45) is 0. The Kier molecular flexibility index (Phi) is 15.9. The molecule has 145 heavy (non-hydrogen) atoms. The van der Waals surface area contributed by atoms with Gasteiger partial charge in [0.15, 0.2) is 0 Å². The summed E-state index contributed by atoms with van der Waals surface area (Å²) in [5.41, 5.74) is 27.7. The summed E-state index contributed by atoms with van der Waals surface area (Å²) in [4.78, 5) is 0. The van der Waals surface area contributed by atoms with E-state index < -0.39 is 0 Å². The Morgan fingerprint density at radius 3 is 0.890 bits per heavy atom. The standard InChI is InChI=1S/C51H34N2.C46H26N2.C42H24N2/c1-51(2)43-20-10-7-16-36(43)37-27-24-33(30-44(37)51)52-45-21-11-8-17-38(45)42-29-32(25-28-47(42)52)53-46-22-12-9-19-41(46)49-48-34-14-4-3-13-31(34)23-26-39(48)35-15-5-6-18-40(35)50(49)53;1-3-13-30-27(11-1)21-23-33-32-15-5-6-16-34(32)45-44(42(30)33)36-18-8-9-19-39(36)47(45)29-22-24-41-37(26-29)38-25-28-12-2-4-14-31(28)43-35-17-7-10-20-40(35)48(41)46(38)43;1-2-11-27-25(10-1)20-22-30-28-12-3-4-14-31(28)42-40(39(27)30)34-15-6-8-19-37(34)43(42)26-21-23-38-35(24-26)33-17-9-16-32-29-13-5-7-18-36(29)44(38)41(32)33/h3-30H,1-2H3;1-26H;1-24H. The van der Waals surface area contributed by atoms with Crippen LogP contribution >= 0.6 is 0 Å². The maximum atomic E-state index is 2.53. The fourth-order valence-electron chi connectivity index (χ4n) is 27.3. The molecule has 8 aromatic heterocycles. The van der Waals surface area contributed by atoms with Crippen molar-refractivity contribution in [2.24, 2.45) is 0 Å². The van der Waals surface area contributed by atoms with Crippen molar-refractivity contribution in [3.05, 3.63) is 484 Å². The van der Waals surface area contributed by atoms with Crippen LogP contribution in [0.15, 0.2) is 473 Å². The van der Waals surface area contributed by atoms with Gasteiger partial charge in [0.1, 0.15) is 0 Å². The SMILES string of the molecule is CC1(C)c2ccccc2-c2ccc(-n3c4ccccc4c4cc(-n5c6ccccc6c6c7c8ccccc8ccc7c7ccccc7c65)ccc43)cc21.c1ccc2c(c1)ccc1c3ccccc3c3c(c4ccccc4n3-c3ccc4c(c3)c3cc5ccccc5c5c6ccccc6n4c35)c21.c1ccc2c(c1)ccc1c3ccccc3c3c(c4ccccc4n3-c3ccc4c(c3)c3cccc5c6ccccc6n4c53)c21. The number of fused-ring (bicyclic) bond motifs is 50. The number of nitrogens with zero attached hydrogens (tertiary/aromatic N) is 6. The fourth-order valence-corrected chi connectivity index (χ4v) is 27.3. The highest BCUT2D eigenvalue weighted by molar-refractivity contribution is 6.41. The van der Waals surface area contributed by atoms with Gasteiger partial charge in [-0.3, -0.25) is 0 Å². The van der Waals surface area contributed by atoms with Crippen LogP contribution in [0.4, 0.5) is 0 Å². The lowest BCUT2D eigenvalue weighted by Crippen LogP contribution is -2.15. The van der Waals surface area contributed by atoms with E-state index in [1.807, 2.05) is 0 Å². The van der Waals surface area contributed by atoms with Crippen LogP contribution in [0.25, 0.3) is 305 Å². The van der Waals surface area contributed by atoms with Gasteiger partial charge in [0.05, 0.1) is 77.2 Å². The molecule has 35 rings (SSSR count). The Bertz CT molecular complexity index is 11800. The number of aromatic nitrogens is 6. The van der Waals surface area contributed by atoms with Gasteiger partial charge in [-0.25, -0.2) is 0 Å². The molecular weight excluding hydrogens is 1750 g/mol. The van der Waals surface area contributed by atoms with E-state index in [9.17, 15) is 0 Å². The highest BCUT2D eigenvalue weighted by Gasteiger charge is 2.37. The van der Waals surface area contributed by atoms with Crippen molar-refractivity contribution < 1.29 is 0 Å². The lowest BCUT2D eigenvalue weighted by atomic mass is 9.82. The van der Waals surface area contributed by atoms with Gasteiger partial charge >= 0.3 is 0 Å². The lowest BCUT2D eigenvalue weighted by Gasteiger charge is -2.22. The molecule has 1 aliphatic carbocycles. The average Bonchev–Trinajstić information content (AvgIpc) is 1.52. The van der Waals surface area contributed by atoms with Crippen LogP contribution in [0.3, 0.4) is 0 Å². The number of rotatable bonds is 4. The molecule has 0 fully saturated rings. The van der Waals surface area contributed by atoms with Gasteiger partial charge < -0.3 is 27.1 Å². The zero-order valence-corrected chi connectivity index (χ0v) is 79.2. The Labute approximate surface area is 829 Å². The summed E-state index contributed by atoms with van der Waals surface area (Å²) < 4.78 is 15.0. The second kappa shape index (κ2) is 29.2. The molecule has 0 spiro atoms. The average molecular weight is 1840 g/mol. The van der Waals surface area contributed by atoms with Crippen LogP contribution in [-0.4, -0.2) is 27.1 Å². The second-order valence-corrected chi connectivity index (χ2v) is 40.6. The first-order valence-corrected chi connectivity index (χ1v) is 50.6. The van der Waals surface area contributed by atoms with E-state index in [0.29, 0.717) is 0 Å². The summed E-state index contributed by atoms with van der Waals surface area (Å²) in [5, 5.41) is 46.7. The number of para-hydroxylation sites is 7. The van der Waals surface area contributed by atoms with Crippen molar-refractivity contribution in [2.75, 3.05) is 0 Å². The Morgan fingerprint density at radius 1 is 0.138 bits per heavy atom.